The van der Waals surface area contributed by atoms with E-state index in [2.05, 4.69) is 48.5 Å². The summed E-state index contributed by atoms with van der Waals surface area (Å²) in [5.74, 6) is 0.151. The van der Waals surface area contributed by atoms with Gasteiger partial charge >= 0.3 is 39.5 Å². The van der Waals surface area contributed by atoms with Gasteiger partial charge in [-0.25, -0.2) is 9.13 Å². The zero-order valence-corrected chi connectivity index (χ0v) is 61.8. The molecule has 0 saturated heterocycles. The van der Waals surface area contributed by atoms with Crippen LogP contribution in [0.2, 0.25) is 0 Å². The van der Waals surface area contributed by atoms with Crippen LogP contribution in [-0.4, -0.2) is 96.7 Å². The SMILES string of the molecule is CCCCCCCC(=O)OC[C@H](COP(=O)(O)OC[C@H](O)COP(=O)(O)OC[C@@H](COC(=O)CCCCCCCCCCCCCCCCC(C)C)OC(=O)CCCCCCCCCCCCCCCCCCCCC(C)C)OC(=O)CCCCCCCCC(C)C. The second kappa shape index (κ2) is 63.8. The first kappa shape index (κ1) is 90.1. The maximum Gasteiger partial charge on any atom is 0.472 e. The highest BCUT2D eigenvalue weighted by molar-refractivity contribution is 7.47. The summed E-state index contributed by atoms with van der Waals surface area (Å²) in [5.41, 5.74) is 0. The van der Waals surface area contributed by atoms with Gasteiger partial charge in [0.1, 0.15) is 19.3 Å². The van der Waals surface area contributed by atoms with Crippen molar-refractivity contribution in [2.75, 3.05) is 39.6 Å². The lowest BCUT2D eigenvalue weighted by Gasteiger charge is -2.21. The number of carbonyl (C=O) groups is 4. The van der Waals surface area contributed by atoms with Crippen molar-refractivity contribution in [1.29, 1.82) is 0 Å². The molecule has 0 fully saturated rings. The maximum atomic E-state index is 13.1. The van der Waals surface area contributed by atoms with Gasteiger partial charge in [0.15, 0.2) is 12.2 Å². The van der Waals surface area contributed by atoms with E-state index in [9.17, 15) is 43.2 Å². The first-order valence-corrected chi connectivity index (χ1v) is 40.8. The lowest BCUT2D eigenvalue weighted by molar-refractivity contribution is -0.161. The van der Waals surface area contributed by atoms with Crippen LogP contribution in [0.15, 0.2) is 0 Å². The fourth-order valence-electron chi connectivity index (χ4n) is 11.1. The second-order valence-corrected chi connectivity index (χ2v) is 30.7. The Kier molecular flexibility index (Phi) is 62.4. The largest absolute Gasteiger partial charge is 0.472 e. The molecular formula is C73H142O17P2. The van der Waals surface area contributed by atoms with Crippen molar-refractivity contribution in [3.8, 4) is 0 Å². The number of esters is 4. The molecule has 0 radical (unpaired) electrons. The Hall–Kier alpha value is -1.94. The van der Waals surface area contributed by atoms with E-state index in [4.69, 9.17) is 37.0 Å². The number of phosphoric ester groups is 2. The van der Waals surface area contributed by atoms with E-state index in [0.717, 1.165) is 108 Å². The Labute approximate surface area is 562 Å². The van der Waals surface area contributed by atoms with E-state index in [0.29, 0.717) is 31.6 Å². The molecule has 92 heavy (non-hydrogen) atoms. The number of aliphatic hydroxyl groups is 1. The van der Waals surface area contributed by atoms with E-state index < -0.39 is 97.5 Å². The van der Waals surface area contributed by atoms with E-state index in [-0.39, 0.29) is 25.7 Å². The third kappa shape index (κ3) is 66.7. The zero-order valence-electron chi connectivity index (χ0n) is 60.0. The van der Waals surface area contributed by atoms with Crippen molar-refractivity contribution in [3.63, 3.8) is 0 Å². The average Bonchev–Trinajstić information content (AvgIpc) is 3.68. The molecule has 0 aromatic rings. The molecule has 2 unspecified atom stereocenters. The molecule has 0 rings (SSSR count). The summed E-state index contributed by atoms with van der Waals surface area (Å²) in [5, 5.41) is 10.6. The van der Waals surface area contributed by atoms with E-state index in [1.165, 1.54) is 173 Å². The van der Waals surface area contributed by atoms with Gasteiger partial charge < -0.3 is 33.8 Å². The van der Waals surface area contributed by atoms with Gasteiger partial charge in [0.05, 0.1) is 26.4 Å². The molecule has 0 spiro atoms. The molecule has 0 aliphatic rings. The molecule has 19 heteroatoms. The van der Waals surface area contributed by atoms with Crippen molar-refractivity contribution in [2.24, 2.45) is 17.8 Å². The van der Waals surface area contributed by atoms with Crippen LogP contribution in [0.4, 0.5) is 0 Å². The molecule has 0 heterocycles. The van der Waals surface area contributed by atoms with Crippen molar-refractivity contribution in [2.45, 2.75) is 388 Å². The standard InChI is InChI=1S/C73H142O17P2/c1-8-9-10-37-47-54-70(75)83-60-68(90-73(78)57-50-43-36-35-40-46-53-66(6)7)62-87-91(79,80)85-58-67(74)59-86-92(81,82)88-63-69(61-84-71(76)55-48-41-33-29-25-21-18-17-20-24-28-32-39-45-52-65(4)5)89-72(77)56-49-42-34-30-26-22-16-14-12-11-13-15-19-23-27-31-38-44-51-64(2)3/h64-69,74H,8-63H2,1-7H3,(H,79,80)(H,81,82)/t67-,68+,69+/m0/s1. The van der Waals surface area contributed by atoms with Gasteiger partial charge in [-0.05, 0) is 43.4 Å². The van der Waals surface area contributed by atoms with Crippen molar-refractivity contribution < 1.29 is 80.2 Å². The van der Waals surface area contributed by atoms with Gasteiger partial charge in [0.25, 0.3) is 0 Å². The van der Waals surface area contributed by atoms with Crippen molar-refractivity contribution in [1.82, 2.24) is 0 Å². The maximum absolute atomic E-state index is 13.1. The molecule has 17 nitrogen and oxygen atoms in total. The Morgan fingerprint density at radius 2 is 0.500 bits per heavy atom. The third-order valence-electron chi connectivity index (χ3n) is 16.9. The molecule has 0 aromatic carbocycles. The molecule has 546 valence electrons. The average molecular weight is 1350 g/mol. The minimum atomic E-state index is -4.95. The molecule has 3 N–H and O–H groups in total. The molecular weight excluding hydrogens is 1210 g/mol. The molecule has 0 aliphatic carbocycles. The summed E-state index contributed by atoms with van der Waals surface area (Å²) in [4.78, 5) is 72.3. The third-order valence-corrected chi connectivity index (χ3v) is 18.8. The Morgan fingerprint density at radius 1 is 0.293 bits per heavy atom. The normalized spacial score (nSPS) is 14.1. The minimum Gasteiger partial charge on any atom is -0.462 e. The van der Waals surface area contributed by atoms with Crippen LogP contribution in [0.5, 0.6) is 0 Å². The monoisotopic (exact) mass is 1350 g/mol. The van der Waals surface area contributed by atoms with Gasteiger partial charge in [-0.15, -0.1) is 0 Å². The number of hydrogen-bond donors (Lipinski definition) is 3. The number of aliphatic hydroxyl groups excluding tert-OH is 1. The highest BCUT2D eigenvalue weighted by Crippen LogP contribution is 2.45. The lowest BCUT2D eigenvalue weighted by atomic mass is 10.0. The highest BCUT2D eigenvalue weighted by Gasteiger charge is 2.30. The Morgan fingerprint density at radius 3 is 0.739 bits per heavy atom. The predicted molar refractivity (Wildman–Crippen MR) is 372 cm³/mol. The summed E-state index contributed by atoms with van der Waals surface area (Å²) >= 11 is 0. The van der Waals surface area contributed by atoms with Gasteiger partial charge in [-0.2, -0.15) is 0 Å². The highest BCUT2D eigenvalue weighted by atomic mass is 31.2. The summed E-state index contributed by atoms with van der Waals surface area (Å²) < 4.78 is 68.1. The minimum absolute atomic E-state index is 0.101. The zero-order chi connectivity index (χ0) is 68.0. The molecule has 0 saturated carbocycles. The van der Waals surface area contributed by atoms with Crippen LogP contribution in [0.3, 0.4) is 0 Å². The van der Waals surface area contributed by atoms with Crippen LogP contribution in [-0.2, 0) is 65.4 Å². The van der Waals surface area contributed by atoms with Gasteiger partial charge in [-0.1, -0.05) is 318 Å². The summed E-state index contributed by atoms with van der Waals surface area (Å²) in [6.45, 7) is 11.7. The fourth-order valence-corrected chi connectivity index (χ4v) is 12.7. The first-order chi connectivity index (χ1) is 44.2. The fraction of sp³-hybridized carbons (Fsp3) is 0.945. The van der Waals surface area contributed by atoms with Crippen molar-refractivity contribution >= 4 is 39.5 Å². The first-order valence-electron chi connectivity index (χ1n) is 37.8. The van der Waals surface area contributed by atoms with Gasteiger partial charge in [-0.3, -0.25) is 37.3 Å². The predicted octanol–water partition coefficient (Wildman–Crippen LogP) is 21.0. The smallest absolute Gasteiger partial charge is 0.462 e. The van der Waals surface area contributed by atoms with Crippen LogP contribution in [0.1, 0.15) is 370 Å². The number of phosphoric acid groups is 2. The van der Waals surface area contributed by atoms with E-state index in [1.807, 2.05) is 0 Å². The molecule has 0 bridgehead atoms. The van der Waals surface area contributed by atoms with Crippen LogP contribution < -0.4 is 0 Å². The quantitative estimate of drug-likeness (QED) is 0.0222. The summed E-state index contributed by atoms with van der Waals surface area (Å²) in [7, 11) is -9.89. The van der Waals surface area contributed by atoms with Crippen LogP contribution in [0.25, 0.3) is 0 Å². The number of carbonyl (C=O) groups excluding carboxylic acids is 4. The van der Waals surface area contributed by atoms with Crippen LogP contribution in [0, 0.1) is 17.8 Å². The summed E-state index contributed by atoms with van der Waals surface area (Å²) in [6.07, 6.45) is 49.3. The Bertz CT molecular complexity index is 1800. The second-order valence-electron chi connectivity index (χ2n) is 27.8. The number of ether oxygens (including phenoxy) is 4. The van der Waals surface area contributed by atoms with Gasteiger partial charge in [0.2, 0.25) is 0 Å². The summed E-state index contributed by atoms with van der Waals surface area (Å²) in [6, 6.07) is 0. The number of hydrogen-bond acceptors (Lipinski definition) is 15. The van der Waals surface area contributed by atoms with Gasteiger partial charge in [0, 0.05) is 25.7 Å². The lowest BCUT2D eigenvalue weighted by Crippen LogP contribution is -2.30. The molecule has 0 amide bonds. The van der Waals surface area contributed by atoms with E-state index >= 15 is 0 Å². The Balaban J connectivity index is 5.11. The number of rotatable bonds is 71. The van der Waals surface area contributed by atoms with E-state index in [1.54, 1.807) is 0 Å². The number of unbranched alkanes of at least 4 members (excludes halogenated alkanes) is 39. The van der Waals surface area contributed by atoms with Crippen LogP contribution >= 0.6 is 15.6 Å². The molecule has 0 aromatic heterocycles. The topological polar surface area (TPSA) is 237 Å². The molecule has 0 aliphatic heterocycles. The van der Waals surface area contributed by atoms with Crippen molar-refractivity contribution in [3.05, 3.63) is 0 Å². The molecule has 5 atom stereocenters.